The van der Waals surface area contributed by atoms with Crippen molar-refractivity contribution in [3.05, 3.63) is 37.8 Å². The Hall–Kier alpha value is -0.511. The molecule has 0 spiro atoms. The van der Waals surface area contributed by atoms with Crippen molar-refractivity contribution in [3.63, 3.8) is 0 Å². The molecule has 9 nitrogen and oxygen atoms in total. The predicted molar refractivity (Wildman–Crippen MR) is 38.2 cm³/mol. The summed E-state index contributed by atoms with van der Waals surface area (Å²) in [6.45, 7) is 23.8. The van der Waals surface area contributed by atoms with Crippen LogP contribution in [0.15, 0.2) is 0 Å². The molecule has 0 saturated carbocycles. The Labute approximate surface area is 155 Å². The van der Waals surface area contributed by atoms with Gasteiger partial charge in [0.15, 0.2) is 0 Å². The van der Waals surface area contributed by atoms with Gasteiger partial charge in [0.05, 0.1) is 0 Å². The molecule has 0 aromatic heterocycles. The van der Waals surface area contributed by atoms with Crippen LogP contribution < -0.4 is 59.1 Å². The van der Waals surface area contributed by atoms with Crippen molar-refractivity contribution in [3.8, 4) is 0 Å². The molecule has 5 N–H and O–H groups in total. The predicted octanol–water partition coefficient (Wildman–Crippen LogP) is -6.83. The third-order valence-electron chi connectivity index (χ3n) is 0. The van der Waals surface area contributed by atoms with E-state index in [0.717, 1.165) is 0 Å². The molecule has 0 aliphatic heterocycles. The van der Waals surface area contributed by atoms with Crippen LogP contribution in [0.25, 0.3) is 0 Å². The molecule has 0 saturated heterocycles. The Morgan fingerprint density at radius 1 is 0.529 bits per heavy atom. The Morgan fingerprint density at radius 2 is 0.529 bits per heavy atom. The summed E-state index contributed by atoms with van der Waals surface area (Å²) in [5, 5.41) is 31.2. The molecule has 0 fully saturated rings. The van der Waals surface area contributed by atoms with Gasteiger partial charge < -0.3 is 70.1 Å². The molecule has 0 rings (SSSR count). The summed E-state index contributed by atoms with van der Waals surface area (Å²) in [4.78, 5) is 7.50. The molecule has 0 aromatic carbocycles. The zero-order valence-electron chi connectivity index (χ0n) is 9.00. The van der Waals surface area contributed by atoms with Crippen molar-refractivity contribution in [2.45, 2.75) is 0 Å². The van der Waals surface area contributed by atoms with Gasteiger partial charge in [-0.15, -0.1) is 0 Å². The van der Waals surface area contributed by atoms with E-state index in [1.807, 2.05) is 0 Å². The second-order valence-corrected chi connectivity index (χ2v) is 0. The molecule has 0 aromatic rings. The van der Waals surface area contributed by atoms with Crippen LogP contribution in [0.4, 0.5) is 0 Å². The van der Waals surface area contributed by atoms with Crippen molar-refractivity contribution in [1.82, 2.24) is 0 Å². The first-order valence-corrected chi connectivity index (χ1v) is 1.32. The zero-order valence-corrected chi connectivity index (χ0v) is 14.1. The molecule has 0 heterocycles. The van der Waals surface area contributed by atoms with Crippen molar-refractivity contribution < 1.29 is 87.1 Å². The van der Waals surface area contributed by atoms with E-state index in [4.69, 9.17) is 64.1 Å². The van der Waals surface area contributed by atoms with Gasteiger partial charge in [-0.2, -0.15) is 4.91 Å². The average Bonchev–Trinajstić information content (AvgIpc) is 2.33. The number of nitrogens with one attached hydrogen (secondary N) is 1. The molecule has 0 amide bonds. The van der Waals surface area contributed by atoms with Crippen LogP contribution in [-0.2, 0) is 17.1 Å². The Kier molecular flexibility index (Phi) is 96400. The molecule has 0 bridgehead atoms. The maximum atomic E-state index is 7.50. The second kappa shape index (κ2) is 12500. The van der Waals surface area contributed by atoms with Gasteiger partial charge in [0, 0.05) is 0 Å². The molecular formula is C5H5FeN6Na2O3. The molecule has 12 heteroatoms. The van der Waals surface area contributed by atoms with Crippen LogP contribution >= 0.6 is 0 Å². The fraction of sp³-hybridized carbons (Fsp3) is 0. The van der Waals surface area contributed by atoms with Crippen molar-refractivity contribution >= 4 is 0 Å². The Bertz CT molecular complexity index is 105. The summed E-state index contributed by atoms with van der Waals surface area (Å²) >= 11 is 0. The molecule has 1 radical (unpaired) electrons. The van der Waals surface area contributed by atoms with E-state index in [1.54, 1.807) is 0 Å². The van der Waals surface area contributed by atoms with E-state index in [-0.39, 0.29) is 87.1 Å². The van der Waals surface area contributed by atoms with Gasteiger partial charge in [0.2, 0.25) is 0 Å². The van der Waals surface area contributed by atoms with Gasteiger partial charge in [0.25, 0.3) is 0 Å². The summed E-state index contributed by atoms with van der Waals surface area (Å²) in [6, 6.07) is 0. The summed E-state index contributed by atoms with van der Waals surface area (Å²) < 4.78 is 0. The molecule has 0 atom stereocenters. The minimum absolute atomic E-state index is 0. The van der Waals surface area contributed by atoms with Crippen molar-refractivity contribution in [2.75, 3.05) is 0 Å². The van der Waals surface area contributed by atoms with E-state index in [9.17, 15) is 0 Å². The van der Waals surface area contributed by atoms with Gasteiger partial charge in [-0.3, -0.25) is 0 Å². The molecule has 0 aliphatic carbocycles. The van der Waals surface area contributed by atoms with Gasteiger partial charge in [-0.1, -0.05) is 5.59 Å². The number of hydrogen-bond donors (Lipinski definition) is 1. The van der Waals surface area contributed by atoms with Gasteiger partial charge in [-0.05, 0) is 0 Å². The van der Waals surface area contributed by atoms with Crippen LogP contribution in [-0.4, -0.2) is 11.0 Å². The Balaban J connectivity index is -0.00000000267. The summed E-state index contributed by atoms with van der Waals surface area (Å²) in [5.41, 5.74) is 4.50. The van der Waals surface area contributed by atoms with Crippen LogP contribution in [0.5, 0.6) is 0 Å². The smallest absolute Gasteiger partial charge is 0.512 e. The van der Waals surface area contributed by atoms with E-state index in [1.165, 1.54) is 0 Å². The van der Waals surface area contributed by atoms with Crippen LogP contribution in [0, 0.1) is 69.7 Å². The molecular weight excluding hydrogens is 294 g/mol. The van der Waals surface area contributed by atoms with Crippen molar-refractivity contribution in [2.24, 2.45) is 0 Å². The van der Waals surface area contributed by atoms with Crippen LogP contribution in [0.3, 0.4) is 0 Å². The number of hydrogen-bond acceptors (Lipinski definition) is 7. The maximum Gasteiger partial charge on any atom is 3.00 e. The normalized spacial score (nSPS) is 0.824. The number of nitroso groups, excluding NO2 is 1. The topological polar surface area (TPSA) is 223 Å². The largest absolute Gasteiger partial charge is 3.00 e. The van der Waals surface area contributed by atoms with E-state index in [0.29, 0.717) is 0 Å². The van der Waals surface area contributed by atoms with E-state index >= 15 is 0 Å². The summed E-state index contributed by atoms with van der Waals surface area (Å²) in [5.74, 6) is 0. The SMILES string of the molecule is N=O.O.O.[C-]#N.[C-]#N.[C-]#N.[C-]#N.[C-]#N.[Fe+3].[Na+].[Na+]. The van der Waals surface area contributed by atoms with Gasteiger partial charge >= 0.3 is 76.2 Å². The first-order valence-electron chi connectivity index (χ1n) is 1.32. The number of rotatable bonds is 0. The first-order chi connectivity index (χ1) is 6.00. The quantitative estimate of drug-likeness (QED) is 0.259. The maximum absolute atomic E-state index is 7.50. The molecule has 17 heavy (non-hydrogen) atoms. The first kappa shape index (κ1) is 131. The van der Waals surface area contributed by atoms with Crippen LogP contribution in [0.2, 0.25) is 0 Å². The third kappa shape index (κ3) is 10800. The molecule has 0 aliphatic rings. The Morgan fingerprint density at radius 3 is 0.529 bits per heavy atom. The minimum Gasteiger partial charge on any atom is -0.512 e. The monoisotopic (exact) mass is 299 g/mol. The average molecular weight is 299 g/mol. The summed E-state index contributed by atoms with van der Waals surface area (Å²) in [7, 11) is 0. The molecule has 0 unspecified atom stereocenters. The number of nitrogens with zero attached hydrogens (tertiary/aromatic N) is 5. The minimum atomic E-state index is 0. The second-order valence-electron chi connectivity index (χ2n) is 0. The van der Waals surface area contributed by atoms with Gasteiger partial charge in [0.1, 0.15) is 0 Å². The zero-order chi connectivity index (χ0) is 12.0. The van der Waals surface area contributed by atoms with E-state index in [2.05, 4.69) is 5.59 Å². The fourth-order valence-corrected chi connectivity index (χ4v) is 0. The van der Waals surface area contributed by atoms with Crippen LogP contribution in [0.1, 0.15) is 0 Å². The third-order valence-corrected chi connectivity index (χ3v) is 0. The molecule has 83 valence electrons. The fourth-order valence-electron chi connectivity index (χ4n) is 0. The standard InChI is InChI=1S/5CN.Fe.HNO.2Na.2H2O/c5*1-2;;1-2;;;;/h;;;;;;1H;;;2*1H2/q5*-1;+3;;2*+1;;. The van der Waals surface area contributed by atoms with Gasteiger partial charge in [-0.25, -0.2) is 0 Å². The van der Waals surface area contributed by atoms with E-state index < -0.39 is 0 Å². The summed E-state index contributed by atoms with van der Waals surface area (Å²) in [6.07, 6.45) is 0. The van der Waals surface area contributed by atoms with Crippen molar-refractivity contribution in [1.29, 1.82) is 31.9 Å².